The summed E-state index contributed by atoms with van der Waals surface area (Å²) in [6.07, 6.45) is 6.47. The van der Waals surface area contributed by atoms with Crippen LogP contribution in [-0.4, -0.2) is 18.5 Å². The van der Waals surface area contributed by atoms with E-state index in [1.165, 1.54) is 12.8 Å². The van der Waals surface area contributed by atoms with Crippen LogP contribution in [0, 0.1) is 5.92 Å². The Morgan fingerprint density at radius 1 is 1.42 bits per heavy atom. The molecule has 0 aliphatic rings. The second-order valence-electron chi connectivity index (χ2n) is 3.02. The molecule has 0 heterocycles. The lowest BCUT2D eigenvalue weighted by Gasteiger charge is -2.08. The van der Waals surface area contributed by atoms with E-state index >= 15 is 0 Å². The largest absolute Gasteiger partial charge is 0.377 e. The van der Waals surface area contributed by atoms with Gasteiger partial charge in [-0.1, -0.05) is 35.0 Å². The fourth-order valence-corrected chi connectivity index (χ4v) is 1.64. The van der Waals surface area contributed by atoms with Crippen LogP contribution in [0.25, 0.3) is 0 Å². The maximum Gasteiger partial charge on any atom is 0.0647 e. The molecule has 0 rings (SSSR count). The summed E-state index contributed by atoms with van der Waals surface area (Å²) in [7, 11) is 0. The molecule has 0 aromatic carbocycles. The highest BCUT2D eigenvalue weighted by Crippen LogP contribution is 2.08. The van der Waals surface area contributed by atoms with Gasteiger partial charge in [-0.15, -0.1) is 0 Å². The zero-order chi connectivity index (χ0) is 9.23. The van der Waals surface area contributed by atoms with Crippen molar-refractivity contribution in [3.05, 3.63) is 12.2 Å². The zero-order valence-electron chi connectivity index (χ0n) is 8.05. The predicted molar refractivity (Wildman–Crippen MR) is 57.8 cm³/mol. The van der Waals surface area contributed by atoms with Crippen molar-refractivity contribution in [1.82, 2.24) is 0 Å². The minimum absolute atomic E-state index is 0.761. The lowest BCUT2D eigenvalue weighted by molar-refractivity contribution is 0.147. The maximum atomic E-state index is 5.39. The van der Waals surface area contributed by atoms with E-state index in [1.807, 2.05) is 19.1 Å². The van der Waals surface area contributed by atoms with Crippen molar-refractivity contribution in [2.75, 3.05) is 18.5 Å². The third-order valence-corrected chi connectivity index (χ3v) is 2.26. The van der Waals surface area contributed by atoms with Gasteiger partial charge in [0.15, 0.2) is 0 Å². The van der Waals surface area contributed by atoms with Gasteiger partial charge in [-0.25, -0.2) is 0 Å². The lowest BCUT2D eigenvalue weighted by atomic mass is 10.1. The number of hydrogen-bond acceptors (Lipinski definition) is 1. The summed E-state index contributed by atoms with van der Waals surface area (Å²) in [6, 6.07) is 0. The monoisotopic (exact) mass is 234 g/mol. The van der Waals surface area contributed by atoms with Crippen molar-refractivity contribution in [2.45, 2.75) is 26.7 Å². The smallest absolute Gasteiger partial charge is 0.0647 e. The molecule has 0 fully saturated rings. The molecule has 0 amide bonds. The number of alkyl halides is 1. The van der Waals surface area contributed by atoms with E-state index in [0.717, 1.165) is 24.5 Å². The standard InChI is InChI=1S/C10H19BrO/c1-3-4-8-12-9-6-10(2)5-7-11/h3-4,10H,5-9H2,1-2H3. The third kappa shape index (κ3) is 8.28. The highest BCUT2D eigenvalue weighted by Gasteiger charge is 1.99. The molecule has 2 heteroatoms. The molecular weight excluding hydrogens is 216 g/mol. The van der Waals surface area contributed by atoms with Crippen LogP contribution in [0.15, 0.2) is 12.2 Å². The van der Waals surface area contributed by atoms with Crippen molar-refractivity contribution < 1.29 is 4.74 Å². The first-order valence-electron chi connectivity index (χ1n) is 4.56. The van der Waals surface area contributed by atoms with Gasteiger partial charge < -0.3 is 4.74 Å². The summed E-state index contributed by atoms with van der Waals surface area (Å²) < 4.78 is 5.39. The van der Waals surface area contributed by atoms with Gasteiger partial charge in [0.25, 0.3) is 0 Å². The molecule has 0 saturated carbocycles. The molecule has 0 aliphatic heterocycles. The van der Waals surface area contributed by atoms with Crippen LogP contribution in [0.5, 0.6) is 0 Å². The number of ether oxygens (including phenoxy) is 1. The van der Waals surface area contributed by atoms with Crippen molar-refractivity contribution >= 4 is 15.9 Å². The Bertz CT molecular complexity index is 112. The van der Waals surface area contributed by atoms with Crippen LogP contribution < -0.4 is 0 Å². The molecule has 0 saturated heterocycles. The fraction of sp³-hybridized carbons (Fsp3) is 0.800. The normalized spacial score (nSPS) is 13.9. The van der Waals surface area contributed by atoms with Gasteiger partial charge in [0.1, 0.15) is 0 Å². The molecule has 1 nitrogen and oxygen atoms in total. The Morgan fingerprint density at radius 3 is 2.75 bits per heavy atom. The van der Waals surface area contributed by atoms with Crippen LogP contribution in [-0.2, 0) is 4.74 Å². The van der Waals surface area contributed by atoms with Crippen molar-refractivity contribution in [1.29, 1.82) is 0 Å². The minimum atomic E-state index is 0.761. The summed E-state index contributed by atoms with van der Waals surface area (Å²) in [6.45, 7) is 5.92. The van der Waals surface area contributed by atoms with Crippen LogP contribution in [0.4, 0.5) is 0 Å². The predicted octanol–water partition coefficient (Wildman–Crippen LogP) is 3.39. The lowest BCUT2D eigenvalue weighted by Crippen LogP contribution is -2.02. The molecule has 0 aromatic heterocycles. The van der Waals surface area contributed by atoms with Gasteiger partial charge in [-0.2, -0.15) is 0 Å². The van der Waals surface area contributed by atoms with Gasteiger partial charge in [0.2, 0.25) is 0 Å². The number of hydrogen-bond donors (Lipinski definition) is 0. The van der Waals surface area contributed by atoms with Gasteiger partial charge in [0, 0.05) is 11.9 Å². The Kier molecular flexibility index (Phi) is 9.41. The first kappa shape index (κ1) is 12.2. The average Bonchev–Trinajstić information content (AvgIpc) is 2.05. The molecule has 0 spiro atoms. The maximum absolute atomic E-state index is 5.39. The molecule has 1 unspecified atom stereocenters. The zero-order valence-corrected chi connectivity index (χ0v) is 9.64. The minimum Gasteiger partial charge on any atom is -0.377 e. The summed E-state index contributed by atoms with van der Waals surface area (Å²) >= 11 is 3.43. The average molecular weight is 235 g/mol. The van der Waals surface area contributed by atoms with Crippen molar-refractivity contribution in [3.63, 3.8) is 0 Å². The van der Waals surface area contributed by atoms with Gasteiger partial charge in [0.05, 0.1) is 6.61 Å². The first-order chi connectivity index (χ1) is 5.81. The van der Waals surface area contributed by atoms with E-state index < -0.39 is 0 Å². The van der Waals surface area contributed by atoms with Gasteiger partial charge in [-0.05, 0) is 25.7 Å². The number of rotatable bonds is 7. The van der Waals surface area contributed by atoms with Crippen LogP contribution in [0.2, 0.25) is 0 Å². The second kappa shape index (κ2) is 9.27. The van der Waals surface area contributed by atoms with Crippen molar-refractivity contribution in [3.8, 4) is 0 Å². The van der Waals surface area contributed by atoms with E-state index in [0.29, 0.717) is 0 Å². The Hall–Kier alpha value is 0.180. The molecule has 12 heavy (non-hydrogen) atoms. The van der Waals surface area contributed by atoms with Crippen LogP contribution in [0.1, 0.15) is 26.7 Å². The molecule has 0 bridgehead atoms. The summed E-state index contributed by atoms with van der Waals surface area (Å²) in [5, 5.41) is 1.10. The summed E-state index contributed by atoms with van der Waals surface area (Å²) in [4.78, 5) is 0. The Labute approximate surface area is 84.3 Å². The highest BCUT2D eigenvalue weighted by atomic mass is 79.9. The molecule has 0 radical (unpaired) electrons. The molecule has 0 aromatic rings. The molecule has 72 valence electrons. The van der Waals surface area contributed by atoms with Gasteiger partial charge in [-0.3, -0.25) is 0 Å². The molecule has 1 atom stereocenters. The van der Waals surface area contributed by atoms with Crippen molar-refractivity contribution in [2.24, 2.45) is 5.92 Å². The molecule has 0 N–H and O–H groups in total. The number of halogens is 1. The summed E-state index contributed by atoms with van der Waals surface area (Å²) in [5.74, 6) is 0.773. The fourth-order valence-electron chi connectivity index (χ4n) is 0.863. The van der Waals surface area contributed by atoms with E-state index in [1.54, 1.807) is 0 Å². The van der Waals surface area contributed by atoms with E-state index in [-0.39, 0.29) is 0 Å². The Morgan fingerprint density at radius 2 is 2.17 bits per heavy atom. The molecule has 0 aliphatic carbocycles. The number of allylic oxidation sites excluding steroid dienone is 1. The van der Waals surface area contributed by atoms with Crippen LogP contribution in [0.3, 0.4) is 0 Å². The van der Waals surface area contributed by atoms with E-state index in [9.17, 15) is 0 Å². The highest BCUT2D eigenvalue weighted by molar-refractivity contribution is 9.09. The third-order valence-electron chi connectivity index (χ3n) is 1.81. The first-order valence-corrected chi connectivity index (χ1v) is 5.68. The Balaban J connectivity index is 3.08. The quantitative estimate of drug-likeness (QED) is 0.373. The topological polar surface area (TPSA) is 9.23 Å². The summed E-state index contributed by atoms with van der Waals surface area (Å²) in [5.41, 5.74) is 0. The van der Waals surface area contributed by atoms with Crippen LogP contribution >= 0.6 is 15.9 Å². The van der Waals surface area contributed by atoms with E-state index in [2.05, 4.69) is 22.9 Å². The van der Waals surface area contributed by atoms with Gasteiger partial charge >= 0.3 is 0 Å². The second-order valence-corrected chi connectivity index (χ2v) is 3.81. The van der Waals surface area contributed by atoms with E-state index in [4.69, 9.17) is 4.74 Å². The molecular formula is C10H19BrO. The SMILES string of the molecule is CC=CCOCCC(C)CCBr.